The van der Waals surface area contributed by atoms with Crippen LogP contribution in [0.15, 0.2) is 5.38 Å². The van der Waals surface area contributed by atoms with Crippen LogP contribution in [-0.2, 0) is 11.3 Å². The summed E-state index contributed by atoms with van der Waals surface area (Å²) in [5.74, 6) is 0. The van der Waals surface area contributed by atoms with Gasteiger partial charge in [0.15, 0.2) is 0 Å². The van der Waals surface area contributed by atoms with Gasteiger partial charge in [-0.3, -0.25) is 0 Å². The van der Waals surface area contributed by atoms with Crippen molar-refractivity contribution in [3.05, 3.63) is 16.1 Å². The maximum atomic E-state index is 11.4. The number of amides is 1. The number of unbranched alkanes of at least 4 members (excludes halogenated alkanes) is 1. The van der Waals surface area contributed by atoms with E-state index in [-0.39, 0.29) is 6.09 Å². The van der Waals surface area contributed by atoms with Crippen LogP contribution in [0.1, 0.15) is 44.3 Å². The number of aryl methyl sites for hydroxylation is 1. The van der Waals surface area contributed by atoms with Crippen LogP contribution in [0.4, 0.5) is 4.79 Å². The molecule has 0 bridgehead atoms. The summed E-state index contributed by atoms with van der Waals surface area (Å²) < 4.78 is 5.15. The zero-order chi connectivity index (χ0) is 15.0. The van der Waals surface area contributed by atoms with Crippen LogP contribution in [-0.4, -0.2) is 29.8 Å². The van der Waals surface area contributed by atoms with Crippen molar-refractivity contribution in [3.8, 4) is 0 Å². The number of nitrogens with one attached hydrogen (secondary N) is 2. The number of aromatic nitrogens is 1. The van der Waals surface area contributed by atoms with Gasteiger partial charge in [0.25, 0.3) is 0 Å². The van der Waals surface area contributed by atoms with Crippen LogP contribution < -0.4 is 10.6 Å². The summed E-state index contributed by atoms with van der Waals surface area (Å²) in [6, 6.07) is 0. The van der Waals surface area contributed by atoms with Gasteiger partial charge in [0.05, 0.1) is 10.7 Å². The Hall–Kier alpha value is -1.14. The highest BCUT2D eigenvalue weighted by Crippen LogP contribution is 2.07. The third-order valence-corrected chi connectivity index (χ3v) is 3.24. The smallest absolute Gasteiger partial charge is 0.407 e. The van der Waals surface area contributed by atoms with Gasteiger partial charge in [-0.2, -0.15) is 0 Å². The molecule has 0 saturated heterocycles. The lowest BCUT2D eigenvalue weighted by atomic mass is 10.2. The summed E-state index contributed by atoms with van der Waals surface area (Å²) in [6.07, 6.45) is 1.60. The van der Waals surface area contributed by atoms with E-state index >= 15 is 0 Å². The Labute approximate surface area is 125 Å². The number of thiazole rings is 1. The second-order valence-corrected chi connectivity index (χ2v) is 6.73. The Morgan fingerprint density at radius 1 is 1.35 bits per heavy atom. The molecule has 114 valence electrons. The first-order valence-electron chi connectivity index (χ1n) is 6.95. The summed E-state index contributed by atoms with van der Waals surface area (Å²) >= 11 is 1.67. The minimum Gasteiger partial charge on any atom is -0.444 e. The lowest BCUT2D eigenvalue weighted by Gasteiger charge is -2.19. The van der Waals surface area contributed by atoms with Crippen LogP contribution in [0.25, 0.3) is 0 Å². The zero-order valence-corrected chi connectivity index (χ0v) is 13.6. The first kappa shape index (κ1) is 16.9. The topological polar surface area (TPSA) is 63.2 Å². The molecular formula is C14H25N3O2S. The van der Waals surface area contributed by atoms with Crippen LogP contribution in [0.5, 0.6) is 0 Å². The number of hydrogen-bond acceptors (Lipinski definition) is 5. The van der Waals surface area contributed by atoms with Crippen molar-refractivity contribution in [2.75, 3.05) is 13.1 Å². The summed E-state index contributed by atoms with van der Waals surface area (Å²) in [6.45, 7) is 9.96. The highest BCUT2D eigenvalue weighted by molar-refractivity contribution is 7.09. The average Bonchev–Trinajstić information content (AvgIpc) is 2.71. The quantitative estimate of drug-likeness (QED) is 0.760. The Balaban J connectivity index is 1.96. The highest BCUT2D eigenvalue weighted by Gasteiger charge is 2.15. The monoisotopic (exact) mass is 299 g/mol. The molecule has 0 radical (unpaired) electrons. The predicted molar refractivity (Wildman–Crippen MR) is 82.0 cm³/mol. The molecule has 1 heterocycles. The van der Waals surface area contributed by atoms with Gasteiger partial charge in [-0.05, 0) is 47.1 Å². The lowest BCUT2D eigenvalue weighted by molar-refractivity contribution is 0.0527. The van der Waals surface area contributed by atoms with E-state index in [9.17, 15) is 4.79 Å². The molecule has 0 spiro atoms. The van der Waals surface area contributed by atoms with Crippen molar-refractivity contribution in [2.45, 2.75) is 52.7 Å². The number of rotatable bonds is 7. The van der Waals surface area contributed by atoms with E-state index in [4.69, 9.17) is 4.74 Å². The SMILES string of the molecule is Cc1nc(CNCCCCNC(=O)OC(C)(C)C)cs1. The van der Waals surface area contributed by atoms with Gasteiger partial charge >= 0.3 is 6.09 Å². The van der Waals surface area contributed by atoms with Gasteiger partial charge in [-0.25, -0.2) is 9.78 Å². The fourth-order valence-corrected chi connectivity index (χ4v) is 2.20. The molecule has 0 unspecified atom stereocenters. The van der Waals surface area contributed by atoms with E-state index in [0.717, 1.165) is 36.6 Å². The van der Waals surface area contributed by atoms with Gasteiger partial charge in [0, 0.05) is 18.5 Å². The Morgan fingerprint density at radius 3 is 2.65 bits per heavy atom. The van der Waals surface area contributed by atoms with E-state index in [1.807, 2.05) is 27.7 Å². The van der Waals surface area contributed by atoms with Crippen LogP contribution in [0, 0.1) is 6.92 Å². The fourth-order valence-electron chi connectivity index (χ4n) is 1.59. The van der Waals surface area contributed by atoms with Gasteiger partial charge in [0.1, 0.15) is 5.60 Å². The fraction of sp³-hybridized carbons (Fsp3) is 0.714. The van der Waals surface area contributed by atoms with E-state index in [1.54, 1.807) is 11.3 Å². The number of hydrogen-bond donors (Lipinski definition) is 2. The number of carbonyl (C=O) groups is 1. The maximum Gasteiger partial charge on any atom is 0.407 e. The second-order valence-electron chi connectivity index (χ2n) is 5.67. The summed E-state index contributed by atoms with van der Waals surface area (Å²) in [7, 11) is 0. The second kappa shape index (κ2) is 8.21. The number of ether oxygens (including phenoxy) is 1. The van der Waals surface area contributed by atoms with Crippen molar-refractivity contribution < 1.29 is 9.53 Å². The third kappa shape index (κ3) is 8.12. The molecule has 1 aromatic rings. The zero-order valence-electron chi connectivity index (χ0n) is 12.8. The summed E-state index contributed by atoms with van der Waals surface area (Å²) in [5, 5.41) is 9.27. The summed E-state index contributed by atoms with van der Waals surface area (Å²) in [5.41, 5.74) is 0.663. The molecule has 0 aliphatic carbocycles. The molecule has 0 aliphatic rings. The molecular weight excluding hydrogens is 274 g/mol. The molecule has 2 N–H and O–H groups in total. The normalized spacial score (nSPS) is 11.4. The van der Waals surface area contributed by atoms with Gasteiger partial charge < -0.3 is 15.4 Å². The number of carbonyl (C=O) groups excluding carboxylic acids is 1. The molecule has 0 aromatic carbocycles. The van der Waals surface area contributed by atoms with Crippen molar-refractivity contribution in [3.63, 3.8) is 0 Å². The molecule has 6 heteroatoms. The van der Waals surface area contributed by atoms with Crippen molar-refractivity contribution in [2.24, 2.45) is 0 Å². The first-order chi connectivity index (χ1) is 9.37. The van der Waals surface area contributed by atoms with E-state index in [1.165, 1.54) is 0 Å². The molecule has 5 nitrogen and oxygen atoms in total. The van der Waals surface area contributed by atoms with Crippen LogP contribution in [0.3, 0.4) is 0 Å². The van der Waals surface area contributed by atoms with Crippen LogP contribution in [0.2, 0.25) is 0 Å². The lowest BCUT2D eigenvalue weighted by Crippen LogP contribution is -2.33. The van der Waals surface area contributed by atoms with E-state index in [0.29, 0.717) is 6.54 Å². The average molecular weight is 299 g/mol. The Morgan fingerprint density at radius 2 is 2.05 bits per heavy atom. The summed E-state index contributed by atoms with van der Waals surface area (Å²) in [4.78, 5) is 15.8. The van der Waals surface area contributed by atoms with Crippen molar-refractivity contribution >= 4 is 17.4 Å². The highest BCUT2D eigenvalue weighted by atomic mass is 32.1. The van der Waals surface area contributed by atoms with Crippen molar-refractivity contribution in [1.82, 2.24) is 15.6 Å². The molecule has 1 rings (SSSR count). The van der Waals surface area contributed by atoms with E-state index < -0.39 is 5.60 Å². The third-order valence-electron chi connectivity index (χ3n) is 2.42. The van der Waals surface area contributed by atoms with E-state index in [2.05, 4.69) is 21.0 Å². The minimum atomic E-state index is -0.433. The van der Waals surface area contributed by atoms with Crippen LogP contribution >= 0.6 is 11.3 Å². The molecule has 1 amide bonds. The molecule has 0 atom stereocenters. The number of alkyl carbamates (subject to hydrolysis) is 1. The standard InChI is InChI=1S/C14H25N3O2S/c1-11-17-12(10-20-11)9-15-7-5-6-8-16-13(18)19-14(2,3)4/h10,15H,5-9H2,1-4H3,(H,16,18). The Bertz CT molecular complexity index is 413. The number of nitrogens with zero attached hydrogens (tertiary/aromatic N) is 1. The molecule has 0 saturated carbocycles. The molecule has 0 aliphatic heterocycles. The van der Waals surface area contributed by atoms with Gasteiger partial charge in [-0.1, -0.05) is 0 Å². The largest absolute Gasteiger partial charge is 0.444 e. The Kier molecular flexibility index (Phi) is 6.95. The van der Waals surface area contributed by atoms with Gasteiger partial charge in [0.2, 0.25) is 0 Å². The minimum absolute atomic E-state index is 0.344. The molecule has 1 aromatic heterocycles. The van der Waals surface area contributed by atoms with Gasteiger partial charge in [-0.15, -0.1) is 11.3 Å². The molecule has 20 heavy (non-hydrogen) atoms. The molecule has 0 fully saturated rings. The first-order valence-corrected chi connectivity index (χ1v) is 7.83. The van der Waals surface area contributed by atoms with Crippen molar-refractivity contribution in [1.29, 1.82) is 0 Å². The maximum absolute atomic E-state index is 11.4. The predicted octanol–water partition coefficient (Wildman–Crippen LogP) is 2.85.